The number of benzene rings is 2. The molecular weight excluding hydrogens is 314 g/mol. The zero-order chi connectivity index (χ0) is 17.4. The summed E-state index contributed by atoms with van der Waals surface area (Å²) in [4.78, 5) is 25.2. The van der Waals surface area contributed by atoms with Gasteiger partial charge >= 0.3 is 0 Å². The van der Waals surface area contributed by atoms with Gasteiger partial charge in [-0.3, -0.25) is 4.79 Å². The maximum atomic E-state index is 12.7. The standard InChI is InChI=1S/C21H22NO3/c1-25-16-8-10-17-15(12-16)7-9-18-19(11-14-5-3-2-4-6-14)22(24)13-20(23)21(17)18/h2-6,8,10,12,18-19,21H,7,9,11,13H2,1H3/q+1. The van der Waals surface area contributed by atoms with Crippen molar-refractivity contribution in [3.63, 3.8) is 0 Å². The molecule has 0 bridgehead atoms. The van der Waals surface area contributed by atoms with Crippen molar-refractivity contribution in [1.29, 1.82) is 0 Å². The summed E-state index contributed by atoms with van der Waals surface area (Å²) in [7, 11) is 1.66. The molecular formula is C21H22NO3+. The monoisotopic (exact) mass is 336 g/mol. The van der Waals surface area contributed by atoms with Crippen LogP contribution in [0.1, 0.15) is 29.0 Å². The minimum Gasteiger partial charge on any atom is -0.497 e. The molecule has 128 valence electrons. The Kier molecular flexibility index (Phi) is 4.12. The molecule has 1 aliphatic heterocycles. The maximum absolute atomic E-state index is 12.7. The van der Waals surface area contributed by atoms with Crippen LogP contribution in [0.25, 0.3) is 0 Å². The van der Waals surface area contributed by atoms with Gasteiger partial charge in [-0.15, -0.1) is 0 Å². The predicted octanol–water partition coefficient (Wildman–Crippen LogP) is 3.31. The minimum atomic E-state index is -0.159. The predicted molar refractivity (Wildman–Crippen MR) is 95.0 cm³/mol. The van der Waals surface area contributed by atoms with Crippen molar-refractivity contribution in [3.05, 3.63) is 70.1 Å². The third-order valence-corrected chi connectivity index (χ3v) is 5.67. The Bertz CT molecular complexity index is 815. The van der Waals surface area contributed by atoms with Gasteiger partial charge in [0.05, 0.1) is 13.0 Å². The number of hydrogen-bond donors (Lipinski definition) is 0. The molecule has 4 rings (SSSR count). The van der Waals surface area contributed by atoms with E-state index in [4.69, 9.17) is 4.74 Å². The molecule has 0 aromatic heterocycles. The first-order valence-corrected chi connectivity index (χ1v) is 8.84. The number of nitrogens with zero attached hydrogens (tertiary/aromatic N) is 1. The minimum absolute atomic E-state index is 0.00979. The van der Waals surface area contributed by atoms with Crippen LogP contribution in [0.3, 0.4) is 0 Å². The molecule has 0 spiro atoms. The van der Waals surface area contributed by atoms with E-state index >= 15 is 0 Å². The number of aryl methyl sites for hydroxylation is 1. The van der Waals surface area contributed by atoms with Gasteiger partial charge in [-0.1, -0.05) is 36.4 Å². The van der Waals surface area contributed by atoms with Crippen molar-refractivity contribution < 1.29 is 14.3 Å². The SMILES string of the molecule is COc1ccc2c(c1)CCC1C2C(=O)C[N+](=O)C1Cc1ccccc1. The number of ketones is 1. The smallest absolute Gasteiger partial charge is 0.250 e. The van der Waals surface area contributed by atoms with Gasteiger partial charge in [0, 0.05) is 22.0 Å². The number of ether oxygens (including phenoxy) is 1. The lowest BCUT2D eigenvalue weighted by atomic mass is 9.67. The van der Waals surface area contributed by atoms with Crippen LogP contribution in [0.15, 0.2) is 48.5 Å². The van der Waals surface area contributed by atoms with E-state index in [0.717, 1.165) is 34.5 Å². The zero-order valence-corrected chi connectivity index (χ0v) is 14.4. The van der Waals surface area contributed by atoms with Crippen LogP contribution in [-0.2, 0) is 17.6 Å². The molecule has 2 aromatic carbocycles. The highest BCUT2D eigenvalue weighted by atomic mass is 16.5. The topological polar surface area (TPSA) is 46.4 Å². The second-order valence-electron chi connectivity index (χ2n) is 7.04. The van der Waals surface area contributed by atoms with Crippen LogP contribution < -0.4 is 4.74 Å². The first kappa shape index (κ1) is 16.0. The van der Waals surface area contributed by atoms with Crippen LogP contribution in [0, 0.1) is 10.8 Å². The average molecular weight is 336 g/mol. The molecule has 2 aromatic rings. The second-order valence-corrected chi connectivity index (χ2v) is 7.04. The summed E-state index contributed by atoms with van der Waals surface area (Å²) in [5.41, 5.74) is 3.43. The summed E-state index contributed by atoms with van der Waals surface area (Å²) in [6, 6.07) is 15.9. The van der Waals surface area contributed by atoms with Crippen molar-refractivity contribution in [2.24, 2.45) is 5.92 Å². The number of piperidine rings is 1. The molecule has 2 aliphatic rings. The second kappa shape index (κ2) is 6.43. The van der Waals surface area contributed by atoms with Gasteiger partial charge in [0.15, 0.2) is 0 Å². The fourth-order valence-corrected chi connectivity index (χ4v) is 4.47. The number of rotatable bonds is 3. The van der Waals surface area contributed by atoms with E-state index in [-0.39, 0.29) is 30.2 Å². The third kappa shape index (κ3) is 2.86. The Morgan fingerprint density at radius 3 is 2.72 bits per heavy atom. The fraction of sp³-hybridized carbons (Fsp3) is 0.381. The lowest BCUT2D eigenvalue weighted by molar-refractivity contribution is -0.591. The summed E-state index contributed by atoms with van der Waals surface area (Å²) >= 11 is 0. The highest BCUT2D eigenvalue weighted by Crippen LogP contribution is 2.43. The quantitative estimate of drug-likeness (QED) is 0.808. The molecule has 1 heterocycles. The van der Waals surface area contributed by atoms with Crippen molar-refractivity contribution in [2.75, 3.05) is 13.7 Å². The molecule has 1 fully saturated rings. The molecule has 3 unspecified atom stereocenters. The van der Waals surface area contributed by atoms with E-state index < -0.39 is 0 Å². The Balaban J connectivity index is 1.68. The van der Waals surface area contributed by atoms with Crippen molar-refractivity contribution in [3.8, 4) is 5.75 Å². The van der Waals surface area contributed by atoms with Crippen LogP contribution in [0.4, 0.5) is 0 Å². The van der Waals surface area contributed by atoms with Gasteiger partial charge in [-0.25, -0.2) is 0 Å². The van der Waals surface area contributed by atoms with Crippen LogP contribution >= 0.6 is 0 Å². The van der Waals surface area contributed by atoms with E-state index in [1.165, 1.54) is 5.56 Å². The van der Waals surface area contributed by atoms with Crippen LogP contribution in [-0.4, -0.2) is 30.2 Å². The number of methoxy groups -OCH3 is 1. The largest absolute Gasteiger partial charge is 0.497 e. The lowest BCUT2D eigenvalue weighted by Crippen LogP contribution is -2.49. The first-order chi connectivity index (χ1) is 12.2. The van der Waals surface area contributed by atoms with Crippen LogP contribution in [0.2, 0.25) is 0 Å². The van der Waals surface area contributed by atoms with E-state index in [9.17, 15) is 9.70 Å². The average Bonchev–Trinajstić information content (AvgIpc) is 2.64. The van der Waals surface area contributed by atoms with Crippen LogP contribution in [0.5, 0.6) is 5.75 Å². The number of carbonyl (C=O) groups is 1. The fourth-order valence-electron chi connectivity index (χ4n) is 4.47. The zero-order valence-electron chi connectivity index (χ0n) is 14.4. The first-order valence-electron chi connectivity index (χ1n) is 8.84. The van der Waals surface area contributed by atoms with E-state index in [1.54, 1.807) is 7.11 Å². The third-order valence-electron chi connectivity index (χ3n) is 5.67. The number of Topliss-reactive ketones (excluding diaryl/α,β-unsaturated/α-hetero) is 1. The molecule has 0 N–H and O–H groups in total. The molecule has 1 aliphatic carbocycles. The molecule has 0 amide bonds. The van der Waals surface area contributed by atoms with Gasteiger partial charge < -0.3 is 4.74 Å². The summed E-state index contributed by atoms with van der Waals surface area (Å²) in [6.07, 6.45) is 2.46. The summed E-state index contributed by atoms with van der Waals surface area (Å²) < 4.78 is 6.34. The van der Waals surface area contributed by atoms with Gasteiger partial charge in [0.1, 0.15) is 5.75 Å². The van der Waals surface area contributed by atoms with E-state index in [1.807, 2.05) is 36.4 Å². The van der Waals surface area contributed by atoms with E-state index in [2.05, 4.69) is 12.1 Å². The Hall–Kier alpha value is -2.49. The van der Waals surface area contributed by atoms with Gasteiger partial charge in [-0.2, -0.15) is 0 Å². The highest BCUT2D eigenvalue weighted by Gasteiger charge is 2.51. The Morgan fingerprint density at radius 2 is 1.96 bits per heavy atom. The molecule has 1 saturated heterocycles. The molecule has 0 radical (unpaired) electrons. The van der Waals surface area contributed by atoms with Gasteiger partial charge in [-0.05, 0) is 41.7 Å². The van der Waals surface area contributed by atoms with Gasteiger partial charge in [0.2, 0.25) is 18.4 Å². The molecule has 0 saturated carbocycles. The maximum Gasteiger partial charge on any atom is 0.250 e. The molecule has 4 heteroatoms. The summed E-state index contributed by atoms with van der Waals surface area (Å²) in [5.74, 6) is 0.801. The summed E-state index contributed by atoms with van der Waals surface area (Å²) in [6.45, 7) is -0.00979. The Morgan fingerprint density at radius 1 is 1.16 bits per heavy atom. The molecule has 4 nitrogen and oxygen atoms in total. The summed E-state index contributed by atoms with van der Waals surface area (Å²) in [5, 5.41) is 0. The number of fused-ring (bicyclic) bond motifs is 3. The molecule has 25 heavy (non-hydrogen) atoms. The lowest BCUT2D eigenvalue weighted by Gasteiger charge is -2.36. The number of carbonyl (C=O) groups excluding carboxylic acids is 1. The van der Waals surface area contributed by atoms with Crippen molar-refractivity contribution >= 4 is 5.78 Å². The number of nitroso groups, excluding NO2 is 1. The molecule has 3 atom stereocenters. The van der Waals surface area contributed by atoms with Crippen molar-refractivity contribution in [2.45, 2.75) is 31.2 Å². The van der Waals surface area contributed by atoms with E-state index in [0.29, 0.717) is 6.42 Å². The van der Waals surface area contributed by atoms with Gasteiger partial charge in [0.25, 0.3) is 0 Å². The Labute approximate surface area is 147 Å². The van der Waals surface area contributed by atoms with Crippen molar-refractivity contribution in [1.82, 2.24) is 0 Å². The highest BCUT2D eigenvalue weighted by molar-refractivity contribution is 5.88. The number of hydrogen-bond acceptors (Lipinski definition) is 3. The normalized spacial score (nSPS) is 25.2.